The van der Waals surface area contributed by atoms with Crippen LogP contribution in [-0.4, -0.2) is 18.3 Å². The summed E-state index contributed by atoms with van der Waals surface area (Å²) >= 11 is 5.27. The molecule has 1 aromatic heterocycles. The first-order valence-corrected chi connectivity index (χ1v) is 8.72. The van der Waals surface area contributed by atoms with E-state index in [-0.39, 0.29) is 0 Å². The van der Waals surface area contributed by atoms with E-state index in [1.807, 2.05) is 12.1 Å². The minimum Gasteiger partial charge on any atom is -0.486 e. The van der Waals surface area contributed by atoms with Crippen LogP contribution < -0.4 is 9.47 Å². The predicted molar refractivity (Wildman–Crippen MR) is 85.5 cm³/mol. The van der Waals surface area contributed by atoms with E-state index in [1.165, 1.54) is 16.9 Å². The molecule has 0 radical (unpaired) electrons. The van der Waals surface area contributed by atoms with Crippen molar-refractivity contribution in [3.63, 3.8) is 0 Å². The largest absolute Gasteiger partial charge is 0.486 e. The highest BCUT2D eigenvalue weighted by molar-refractivity contribution is 9.10. The highest BCUT2D eigenvalue weighted by Crippen LogP contribution is 2.42. The van der Waals surface area contributed by atoms with Gasteiger partial charge in [-0.3, -0.25) is 0 Å². The van der Waals surface area contributed by atoms with Gasteiger partial charge < -0.3 is 14.6 Å². The summed E-state index contributed by atoms with van der Waals surface area (Å²) in [4.78, 5) is 2.44. The number of fused-ring (bicyclic) bond motifs is 2. The fourth-order valence-electron chi connectivity index (χ4n) is 2.93. The minimum absolute atomic E-state index is 0.553. The first-order chi connectivity index (χ1) is 10.2. The maximum absolute atomic E-state index is 10.7. The van der Waals surface area contributed by atoms with Gasteiger partial charge in [0.05, 0.1) is 0 Å². The Morgan fingerprint density at radius 2 is 1.86 bits per heavy atom. The molecule has 2 aliphatic rings. The number of hydrogen-bond acceptors (Lipinski definition) is 4. The van der Waals surface area contributed by atoms with Gasteiger partial charge >= 0.3 is 0 Å². The molecule has 1 aliphatic carbocycles. The van der Waals surface area contributed by atoms with Crippen LogP contribution in [0.15, 0.2) is 22.7 Å². The summed E-state index contributed by atoms with van der Waals surface area (Å²) in [6.07, 6.45) is 2.91. The Kier molecular flexibility index (Phi) is 3.44. The number of thiophene rings is 1. The van der Waals surface area contributed by atoms with Crippen LogP contribution in [0.2, 0.25) is 0 Å². The summed E-state index contributed by atoms with van der Waals surface area (Å²) < 4.78 is 12.0. The first kappa shape index (κ1) is 13.6. The number of aryl methyl sites for hydroxylation is 2. The summed E-state index contributed by atoms with van der Waals surface area (Å²) in [7, 11) is 0. The van der Waals surface area contributed by atoms with E-state index in [9.17, 15) is 5.11 Å². The van der Waals surface area contributed by atoms with E-state index in [0.29, 0.717) is 19.0 Å². The van der Waals surface area contributed by atoms with E-state index >= 15 is 0 Å². The Morgan fingerprint density at radius 1 is 1.10 bits per heavy atom. The lowest BCUT2D eigenvalue weighted by Crippen LogP contribution is -2.16. The molecule has 1 N–H and O–H groups in total. The van der Waals surface area contributed by atoms with Crippen LogP contribution >= 0.6 is 27.3 Å². The fourth-order valence-corrected chi connectivity index (χ4v) is 4.73. The van der Waals surface area contributed by atoms with Gasteiger partial charge in [-0.25, -0.2) is 0 Å². The molecule has 5 heteroatoms. The van der Waals surface area contributed by atoms with Gasteiger partial charge in [-0.05, 0) is 43.0 Å². The maximum Gasteiger partial charge on any atom is 0.162 e. The molecule has 1 aliphatic heterocycles. The molecule has 0 spiro atoms. The number of ether oxygens (including phenoxy) is 2. The highest BCUT2D eigenvalue weighted by atomic mass is 79.9. The molecule has 1 atom stereocenters. The Labute approximate surface area is 135 Å². The van der Waals surface area contributed by atoms with Gasteiger partial charge in [-0.15, -0.1) is 11.3 Å². The lowest BCUT2D eigenvalue weighted by atomic mass is 10.1. The van der Waals surface area contributed by atoms with Gasteiger partial charge in [0.25, 0.3) is 0 Å². The van der Waals surface area contributed by atoms with Crippen LogP contribution in [0.3, 0.4) is 0 Å². The van der Waals surface area contributed by atoms with Gasteiger partial charge in [-0.2, -0.15) is 0 Å². The molecular weight excluding hydrogens is 352 g/mol. The molecular formula is C16H15BrO3S. The van der Waals surface area contributed by atoms with Crippen molar-refractivity contribution in [1.29, 1.82) is 0 Å². The topological polar surface area (TPSA) is 38.7 Å². The molecule has 110 valence electrons. The maximum atomic E-state index is 10.7. The third-order valence-electron chi connectivity index (χ3n) is 3.99. The Morgan fingerprint density at radius 3 is 2.62 bits per heavy atom. The Bertz CT molecular complexity index is 674. The zero-order valence-corrected chi connectivity index (χ0v) is 13.8. The number of halogens is 1. The van der Waals surface area contributed by atoms with Crippen LogP contribution in [0.25, 0.3) is 0 Å². The molecule has 0 fully saturated rings. The van der Waals surface area contributed by atoms with Crippen LogP contribution in [-0.2, 0) is 12.8 Å². The second kappa shape index (κ2) is 5.30. The molecule has 0 saturated heterocycles. The van der Waals surface area contributed by atoms with E-state index in [0.717, 1.165) is 33.5 Å². The summed E-state index contributed by atoms with van der Waals surface area (Å²) in [5, 5.41) is 10.7. The standard InChI is InChI=1S/C16H15BrO3S/c17-11-8-13-12(19-4-5-20-13)7-10(11)16(18)15-6-9-2-1-3-14(9)21-15/h6-8,16,18H,1-5H2. The van der Waals surface area contributed by atoms with Crippen molar-refractivity contribution in [3.05, 3.63) is 43.6 Å². The molecule has 2 heterocycles. The Balaban J connectivity index is 1.71. The van der Waals surface area contributed by atoms with E-state index < -0.39 is 6.10 Å². The minimum atomic E-state index is -0.620. The molecule has 21 heavy (non-hydrogen) atoms. The molecule has 0 bridgehead atoms. The highest BCUT2D eigenvalue weighted by Gasteiger charge is 2.23. The monoisotopic (exact) mass is 366 g/mol. The van der Waals surface area contributed by atoms with E-state index in [1.54, 1.807) is 11.3 Å². The van der Waals surface area contributed by atoms with Crippen molar-refractivity contribution in [2.45, 2.75) is 25.4 Å². The zero-order chi connectivity index (χ0) is 14.4. The lowest BCUT2D eigenvalue weighted by Gasteiger charge is -2.21. The van der Waals surface area contributed by atoms with Crippen molar-refractivity contribution < 1.29 is 14.6 Å². The number of rotatable bonds is 2. The van der Waals surface area contributed by atoms with Crippen molar-refractivity contribution in [1.82, 2.24) is 0 Å². The van der Waals surface area contributed by atoms with Crippen LogP contribution in [0, 0.1) is 0 Å². The molecule has 2 aromatic rings. The smallest absolute Gasteiger partial charge is 0.162 e. The van der Waals surface area contributed by atoms with Crippen LogP contribution in [0.5, 0.6) is 11.5 Å². The van der Waals surface area contributed by atoms with Crippen molar-refractivity contribution in [3.8, 4) is 11.5 Å². The number of benzene rings is 1. The van der Waals surface area contributed by atoms with Gasteiger partial charge in [0.2, 0.25) is 0 Å². The van der Waals surface area contributed by atoms with E-state index in [4.69, 9.17) is 9.47 Å². The zero-order valence-electron chi connectivity index (χ0n) is 11.4. The summed E-state index contributed by atoms with van der Waals surface area (Å²) in [6, 6.07) is 5.92. The fraction of sp³-hybridized carbons (Fsp3) is 0.375. The third kappa shape index (κ3) is 2.37. The molecule has 1 aromatic carbocycles. The molecule has 3 nitrogen and oxygen atoms in total. The molecule has 0 saturated carbocycles. The van der Waals surface area contributed by atoms with Crippen LogP contribution in [0.1, 0.15) is 33.4 Å². The Hall–Kier alpha value is -1.04. The first-order valence-electron chi connectivity index (χ1n) is 7.11. The molecule has 1 unspecified atom stereocenters. The molecule has 4 rings (SSSR count). The summed E-state index contributed by atoms with van der Waals surface area (Å²) in [6.45, 7) is 1.12. The van der Waals surface area contributed by atoms with Gasteiger partial charge in [-0.1, -0.05) is 15.9 Å². The average molecular weight is 367 g/mol. The molecule has 0 amide bonds. The van der Waals surface area contributed by atoms with Crippen molar-refractivity contribution >= 4 is 27.3 Å². The SMILES string of the molecule is OC(c1cc2c(s1)CCC2)c1cc2c(cc1Br)OCCO2. The number of aliphatic hydroxyl groups excluding tert-OH is 1. The van der Waals surface area contributed by atoms with Gasteiger partial charge in [0, 0.05) is 19.8 Å². The quantitative estimate of drug-likeness (QED) is 0.876. The number of hydrogen-bond donors (Lipinski definition) is 1. The third-order valence-corrected chi connectivity index (χ3v) is 5.97. The van der Waals surface area contributed by atoms with Gasteiger partial charge in [0.15, 0.2) is 11.5 Å². The second-order valence-corrected chi connectivity index (χ2v) is 7.39. The lowest BCUT2D eigenvalue weighted by molar-refractivity contribution is 0.169. The second-order valence-electron chi connectivity index (χ2n) is 5.37. The van der Waals surface area contributed by atoms with Crippen LogP contribution in [0.4, 0.5) is 0 Å². The van der Waals surface area contributed by atoms with Crippen molar-refractivity contribution in [2.75, 3.05) is 13.2 Å². The predicted octanol–water partition coefficient (Wildman–Crippen LogP) is 3.85. The average Bonchev–Trinajstić information content (AvgIpc) is 3.07. The number of aliphatic hydroxyl groups is 1. The van der Waals surface area contributed by atoms with E-state index in [2.05, 4.69) is 22.0 Å². The summed E-state index contributed by atoms with van der Waals surface area (Å²) in [5.74, 6) is 1.44. The summed E-state index contributed by atoms with van der Waals surface area (Å²) in [5.41, 5.74) is 2.24. The normalized spacial score (nSPS) is 17.6. The van der Waals surface area contributed by atoms with Crippen molar-refractivity contribution in [2.24, 2.45) is 0 Å². The van der Waals surface area contributed by atoms with Gasteiger partial charge in [0.1, 0.15) is 19.3 Å².